The van der Waals surface area contributed by atoms with Gasteiger partial charge in [-0.1, -0.05) is 24.3 Å². The lowest BCUT2D eigenvalue weighted by molar-refractivity contribution is -0.102. The van der Waals surface area contributed by atoms with E-state index in [-0.39, 0.29) is 12.2 Å². The number of ether oxygens (including phenoxy) is 4. The molecular weight excluding hydrogens is 382 g/mol. The number of para-hydroxylation sites is 1. The van der Waals surface area contributed by atoms with Gasteiger partial charge in [0.15, 0.2) is 11.5 Å². The Balaban J connectivity index is 1.88. The average Bonchev–Trinajstić information content (AvgIpc) is 3.23. The molecular formula is C24H25NO5. The smallest absolute Gasteiger partial charge is 0.182 e. The van der Waals surface area contributed by atoms with Crippen LogP contribution in [0.2, 0.25) is 0 Å². The number of benzene rings is 2. The number of pyridine rings is 1. The second-order valence-electron chi connectivity index (χ2n) is 7.84. The first-order valence-electron chi connectivity index (χ1n) is 10.1. The molecule has 0 saturated carbocycles. The molecule has 3 atom stereocenters. The fourth-order valence-electron chi connectivity index (χ4n) is 5.16. The van der Waals surface area contributed by atoms with Crippen molar-refractivity contribution >= 4 is 10.9 Å². The first kappa shape index (κ1) is 19.2. The van der Waals surface area contributed by atoms with Gasteiger partial charge in [-0.25, -0.2) is 4.98 Å². The highest BCUT2D eigenvalue weighted by Gasteiger charge is 2.53. The highest BCUT2D eigenvalue weighted by molar-refractivity contribution is 5.93. The Hall–Kier alpha value is -2.83. The molecule has 30 heavy (non-hydrogen) atoms. The van der Waals surface area contributed by atoms with Crippen molar-refractivity contribution in [3.05, 3.63) is 58.8 Å². The van der Waals surface area contributed by atoms with Crippen LogP contribution in [0.5, 0.6) is 17.2 Å². The van der Waals surface area contributed by atoms with Crippen molar-refractivity contribution in [1.82, 2.24) is 4.98 Å². The van der Waals surface area contributed by atoms with Crippen molar-refractivity contribution in [3.8, 4) is 17.2 Å². The van der Waals surface area contributed by atoms with Gasteiger partial charge in [0, 0.05) is 11.1 Å². The second kappa shape index (κ2) is 6.86. The molecule has 6 nitrogen and oxygen atoms in total. The van der Waals surface area contributed by atoms with E-state index in [1.54, 1.807) is 21.3 Å². The second-order valence-corrected chi connectivity index (χ2v) is 7.84. The molecule has 2 aliphatic heterocycles. The third-order valence-electron chi connectivity index (χ3n) is 6.42. The Bertz CT molecular complexity index is 1140. The maximum absolute atomic E-state index is 12.2. The van der Waals surface area contributed by atoms with E-state index in [2.05, 4.69) is 0 Å². The van der Waals surface area contributed by atoms with Gasteiger partial charge in [-0.2, -0.15) is 0 Å². The number of aryl methyl sites for hydroxylation is 1. The molecule has 0 aliphatic carbocycles. The average molecular weight is 407 g/mol. The van der Waals surface area contributed by atoms with E-state index in [0.29, 0.717) is 22.8 Å². The number of fused-ring (bicyclic) bond motifs is 6. The minimum absolute atomic E-state index is 0.133. The van der Waals surface area contributed by atoms with Crippen molar-refractivity contribution < 1.29 is 24.1 Å². The predicted molar refractivity (Wildman–Crippen MR) is 112 cm³/mol. The zero-order chi connectivity index (χ0) is 21.0. The van der Waals surface area contributed by atoms with Gasteiger partial charge in [0.25, 0.3) is 0 Å². The summed E-state index contributed by atoms with van der Waals surface area (Å²) in [6.07, 6.45) is 1.07. The lowest BCUT2D eigenvalue weighted by Gasteiger charge is -2.41. The maximum Gasteiger partial charge on any atom is 0.182 e. The van der Waals surface area contributed by atoms with E-state index >= 15 is 0 Å². The monoisotopic (exact) mass is 407 g/mol. The van der Waals surface area contributed by atoms with E-state index in [1.807, 2.05) is 43.3 Å². The van der Waals surface area contributed by atoms with E-state index in [4.69, 9.17) is 23.9 Å². The fourth-order valence-corrected chi connectivity index (χ4v) is 5.16. The quantitative estimate of drug-likeness (QED) is 0.704. The summed E-state index contributed by atoms with van der Waals surface area (Å²) in [5, 5.41) is 13.0. The van der Waals surface area contributed by atoms with E-state index in [0.717, 1.165) is 40.6 Å². The summed E-state index contributed by atoms with van der Waals surface area (Å²) >= 11 is 0. The number of hydrogen-bond acceptors (Lipinski definition) is 6. The first-order chi connectivity index (χ1) is 14.5. The van der Waals surface area contributed by atoms with E-state index in [9.17, 15) is 5.11 Å². The molecule has 1 aromatic heterocycles. The van der Waals surface area contributed by atoms with Crippen LogP contribution in [0.4, 0.5) is 0 Å². The molecule has 156 valence electrons. The molecule has 5 rings (SSSR count). The number of aromatic nitrogens is 1. The zero-order valence-electron chi connectivity index (χ0n) is 17.6. The minimum Gasteiger partial charge on any atom is -0.496 e. The summed E-state index contributed by atoms with van der Waals surface area (Å²) in [7, 11) is 4.86. The Morgan fingerprint density at radius 3 is 2.47 bits per heavy atom. The van der Waals surface area contributed by atoms with Crippen LogP contribution in [0.25, 0.3) is 10.9 Å². The van der Waals surface area contributed by atoms with Crippen molar-refractivity contribution in [1.29, 1.82) is 0 Å². The van der Waals surface area contributed by atoms with Crippen LogP contribution in [-0.4, -0.2) is 37.5 Å². The van der Waals surface area contributed by atoms with Crippen molar-refractivity contribution in [2.24, 2.45) is 0 Å². The Morgan fingerprint density at radius 2 is 1.73 bits per heavy atom. The number of nitrogens with zero attached hydrogens (tertiary/aromatic N) is 1. The number of methoxy groups -OCH3 is 3. The molecule has 1 fully saturated rings. The Labute approximate surface area is 175 Å². The van der Waals surface area contributed by atoms with Crippen LogP contribution >= 0.6 is 0 Å². The van der Waals surface area contributed by atoms with E-state index < -0.39 is 5.60 Å². The number of rotatable bonds is 4. The van der Waals surface area contributed by atoms with Crippen molar-refractivity contribution in [3.63, 3.8) is 0 Å². The molecule has 0 radical (unpaired) electrons. The molecule has 0 unspecified atom stereocenters. The third-order valence-corrected chi connectivity index (χ3v) is 6.42. The number of aliphatic hydroxyl groups is 1. The van der Waals surface area contributed by atoms with Gasteiger partial charge in [0.05, 0.1) is 50.1 Å². The molecule has 2 aliphatic rings. The van der Waals surface area contributed by atoms with Crippen molar-refractivity contribution in [2.75, 3.05) is 21.3 Å². The summed E-state index contributed by atoms with van der Waals surface area (Å²) < 4.78 is 23.4. The van der Waals surface area contributed by atoms with Crippen LogP contribution in [0.3, 0.4) is 0 Å². The Morgan fingerprint density at radius 1 is 0.967 bits per heavy atom. The highest BCUT2D eigenvalue weighted by Crippen LogP contribution is 2.56. The summed E-state index contributed by atoms with van der Waals surface area (Å²) in [5.41, 5.74) is 2.63. The van der Waals surface area contributed by atoms with Crippen LogP contribution in [0.15, 0.2) is 36.4 Å². The SMILES string of the molecule is COc1ccccc1[C@]1(O)c2ccc3nc(C)c(OC)c(OC)c3c2[C@@H]2CC[C@H]1O2. The predicted octanol–water partition coefficient (Wildman–Crippen LogP) is 4.04. The lowest BCUT2D eigenvalue weighted by atomic mass is 9.77. The Kier molecular flexibility index (Phi) is 4.38. The summed E-state index contributed by atoms with van der Waals surface area (Å²) in [6, 6.07) is 11.5. The van der Waals surface area contributed by atoms with Crippen LogP contribution in [0, 0.1) is 6.92 Å². The topological polar surface area (TPSA) is 70.0 Å². The van der Waals surface area contributed by atoms with Gasteiger partial charge >= 0.3 is 0 Å². The molecule has 6 heteroatoms. The van der Waals surface area contributed by atoms with Gasteiger partial charge in [-0.15, -0.1) is 0 Å². The van der Waals surface area contributed by atoms with Gasteiger partial charge < -0.3 is 24.1 Å². The fraction of sp³-hybridized carbons (Fsp3) is 0.375. The van der Waals surface area contributed by atoms with E-state index in [1.165, 1.54) is 0 Å². The van der Waals surface area contributed by atoms with Crippen LogP contribution in [0.1, 0.15) is 41.3 Å². The highest BCUT2D eigenvalue weighted by atomic mass is 16.5. The summed E-state index contributed by atoms with van der Waals surface area (Å²) in [6.45, 7) is 1.90. The van der Waals surface area contributed by atoms with Gasteiger partial charge in [-0.05, 0) is 37.5 Å². The molecule has 1 N–H and O–H groups in total. The molecule has 3 aromatic rings. The molecule has 2 aromatic carbocycles. The number of hydrogen-bond donors (Lipinski definition) is 1. The molecule has 0 amide bonds. The van der Waals surface area contributed by atoms with Gasteiger partial charge in [0.2, 0.25) is 0 Å². The third kappa shape index (κ3) is 2.41. The largest absolute Gasteiger partial charge is 0.496 e. The molecule has 1 saturated heterocycles. The normalized spacial score (nSPS) is 24.6. The summed E-state index contributed by atoms with van der Waals surface area (Å²) in [4.78, 5) is 4.73. The molecule has 2 bridgehead atoms. The molecule has 0 spiro atoms. The standard InChI is InChI=1S/C24H25NO5/c1-13-22(28-3)23(29-4)21-16(25-13)10-9-15-20(21)18-11-12-19(30-18)24(15,26)14-7-5-6-8-17(14)27-2/h5-10,18-19,26H,11-12H2,1-4H3/t18-,19+,24-/m0/s1. The van der Waals surface area contributed by atoms with Crippen LogP contribution < -0.4 is 14.2 Å². The van der Waals surface area contributed by atoms with Crippen molar-refractivity contribution in [2.45, 2.75) is 37.6 Å². The van der Waals surface area contributed by atoms with Crippen LogP contribution in [-0.2, 0) is 10.3 Å². The molecule has 3 heterocycles. The van der Waals surface area contributed by atoms with Gasteiger partial charge in [0.1, 0.15) is 11.4 Å². The first-order valence-corrected chi connectivity index (χ1v) is 10.1. The summed E-state index contributed by atoms with van der Waals surface area (Å²) in [5.74, 6) is 1.85. The minimum atomic E-state index is -1.34. The lowest BCUT2D eigenvalue weighted by Crippen LogP contribution is -2.44. The van der Waals surface area contributed by atoms with Gasteiger partial charge in [-0.3, -0.25) is 0 Å². The zero-order valence-corrected chi connectivity index (χ0v) is 17.6. The maximum atomic E-state index is 12.2.